The first kappa shape index (κ1) is 19.7. The Kier molecular flexibility index (Phi) is 5.73. The maximum absolute atomic E-state index is 13.5. The van der Waals surface area contributed by atoms with Gasteiger partial charge in [-0.2, -0.15) is 4.31 Å². The molecule has 0 bridgehead atoms. The van der Waals surface area contributed by atoms with Crippen LogP contribution in [0.3, 0.4) is 0 Å². The van der Waals surface area contributed by atoms with Crippen LogP contribution >= 0.6 is 0 Å². The number of benzene rings is 1. The smallest absolute Gasteiger partial charge is 0.243 e. The monoisotopic (exact) mass is 393 g/mol. The Labute approximate surface area is 159 Å². The quantitative estimate of drug-likeness (QED) is 0.783. The standard InChI is InChI=1S/C18H24FN5O2S/c1-12-9-14(6-7-15(12)19)27(25,26)24(3)11-13-10-17(20-2)23-18(22-13)16-5-4-8-21-16/h6-7,9-10,16,21H,4-5,8,11H2,1-3H3,(H,20,22,23). The van der Waals surface area contributed by atoms with E-state index >= 15 is 0 Å². The summed E-state index contributed by atoms with van der Waals surface area (Å²) in [4.78, 5) is 9.11. The van der Waals surface area contributed by atoms with Gasteiger partial charge in [0, 0.05) is 20.2 Å². The molecule has 1 saturated heterocycles. The van der Waals surface area contributed by atoms with Crippen molar-refractivity contribution in [1.82, 2.24) is 19.6 Å². The van der Waals surface area contributed by atoms with Crippen molar-refractivity contribution in [2.75, 3.05) is 26.0 Å². The van der Waals surface area contributed by atoms with Crippen molar-refractivity contribution in [2.24, 2.45) is 0 Å². The van der Waals surface area contributed by atoms with E-state index in [2.05, 4.69) is 20.6 Å². The van der Waals surface area contributed by atoms with Crippen LogP contribution in [0.15, 0.2) is 29.2 Å². The molecule has 1 aromatic carbocycles. The Morgan fingerprint density at radius 3 is 2.74 bits per heavy atom. The van der Waals surface area contributed by atoms with Crippen LogP contribution in [0.1, 0.15) is 36.0 Å². The van der Waals surface area contributed by atoms with E-state index in [1.807, 2.05) is 0 Å². The minimum absolute atomic E-state index is 0.0597. The molecule has 0 amide bonds. The molecule has 3 rings (SSSR count). The lowest BCUT2D eigenvalue weighted by Gasteiger charge is -2.19. The third kappa shape index (κ3) is 4.26. The Bertz CT molecular complexity index is 929. The van der Waals surface area contributed by atoms with Crippen molar-refractivity contribution in [3.05, 3.63) is 47.2 Å². The summed E-state index contributed by atoms with van der Waals surface area (Å²) < 4.78 is 40.3. The third-order valence-corrected chi connectivity index (χ3v) is 6.45. The summed E-state index contributed by atoms with van der Waals surface area (Å²) in [7, 11) is -0.505. The summed E-state index contributed by atoms with van der Waals surface area (Å²) in [6, 6.07) is 5.61. The zero-order valence-corrected chi connectivity index (χ0v) is 16.5. The number of hydrogen-bond acceptors (Lipinski definition) is 6. The first-order chi connectivity index (χ1) is 12.8. The third-order valence-electron chi connectivity index (χ3n) is 4.65. The van der Waals surface area contributed by atoms with E-state index in [4.69, 9.17) is 0 Å². The molecule has 0 spiro atoms. The Morgan fingerprint density at radius 2 is 2.11 bits per heavy atom. The molecular weight excluding hydrogens is 369 g/mol. The summed E-state index contributed by atoms with van der Waals surface area (Å²) in [5, 5.41) is 6.35. The van der Waals surface area contributed by atoms with Crippen LogP contribution in [0, 0.1) is 12.7 Å². The molecule has 0 radical (unpaired) electrons. The number of aryl methyl sites for hydroxylation is 1. The molecular formula is C18H24FN5O2S. The number of aromatic nitrogens is 2. The minimum atomic E-state index is -3.76. The molecule has 7 nitrogen and oxygen atoms in total. The van der Waals surface area contributed by atoms with Crippen molar-refractivity contribution in [3.8, 4) is 0 Å². The molecule has 146 valence electrons. The molecule has 0 saturated carbocycles. The van der Waals surface area contributed by atoms with E-state index < -0.39 is 15.8 Å². The number of halogens is 1. The fourth-order valence-electron chi connectivity index (χ4n) is 3.06. The van der Waals surface area contributed by atoms with Gasteiger partial charge in [0.25, 0.3) is 0 Å². The fraction of sp³-hybridized carbons (Fsp3) is 0.444. The molecule has 1 fully saturated rings. The van der Waals surface area contributed by atoms with Crippen molar-refractivity contribution < 1.29 is 12.8 Å². The van der Waals surface area contributed by atoms with Crippen LogP contribution < -0.4 is 10.6 Å². The van der Waals surface area contributed by atoms with E-state index in [0.717, 1.165) is 19.4 Å². The van der Waals surface area contributed by atoms with Crippen LogP contribution in [0.5, 0.6) is 0 Å². The molecule has 2 N–H and O–H groups in total. The van der Waals surface area contributed by atoms with Crippen LogP contribution in [-0.2, 0) is 16.6 Å². The highest BCUT2D eigenvalue weighted by Gasteiger charge is 2.24. The van der Waals surface area contributed by atoms with Gasteiger partial charge in [0.1, 0.15) is 17.5 Å². The lowest BCUT2D eigenvalue weighted by Crippen LogP contribution is -2.27. The molecule has 1 atom stereocenters. The van der Waals surface area contributed by atoms with Gasteiger partial charge in [0.2, 0.25) is 10.0 Å². The van der Waals surface area contributed by atoms with Gasteiger partial charge in [0.15, 0.2) is 0 Å². The number of sulfonamides is 1. The molecule has 1 aliphatic heterocycles. The van der Waals surface area contributed by atoms with Gasteiger partial charge in [-0.05, 0) is 50.1 Å². The molecule has 2 aromatic rings. The lowest BCUT2D eigenvalue weighted by atomic mass is 10.2. The Hall–Kier alpha value is -2.10. The van der Waals surface area contributed by atoms with Crippen LogP contribution in [0.25, 0.3) is 0 Å². The Morgan fingerprint density at radius 1 is 1.33 bits per heavy atom. The molecule has 1 unspecified atom stereocenters. The molecule has 0 aliphatic carbocycles. The number of nitrogens with one attached hydrogen (secondary N) is 2. The number of hydrogen-bond donors (Lipinski definition) is 2. The van der Waals surface area contributed by atoms with Crippen LogP contribution in [0.2, 0.25) is 0 Å². The van der Waals surface area contributed by atoms with Crippen molar-refractivity contribution in [2.45, 2.75) is 37.2 Å². The van der Waals surface area contributed by atoms with Gasteiger partial charge in [-0.25, -0.2) is 22.8 Å². The van der Waals surface area contributed by atoms with Gasteiger partial charge >= 0.3 is 0 Å². The highest BCUT2D eigenvalue weighted by atomic mass is 32.2. The summed E-state index contributed by atoms with van der Waals surface area (Å²) >= 11 is 0. The highest BCUT2D eigenvalue weighted by Crippen LogP contribution is 2.23. The summed E-state index contributed by atoms with van der Waals surface area (Å²) in [6.07, 6.45) is 2.01. The summed E-state index contributed by atoms with van der Waals surface area (Å²) in [5.74, 6) is 0.879. The lowest BCUT2D eigenvalue weighted by molar-refractivity contribution is 0.459. The number of nitrogens with zero attached hydrogens (tertiary/aromatic N) is 3. The molecule has 2 heterocycles. The van der Waals surface area contributed by atoms with E-state index in [1.54, 1.807) is 20.0 Å². The second-order valence-electron chi connectivity index (χ2n) is 6.67. The van der Waals surface area contributed by atoms with Crippen LogP contribution in [0.4, 0.5) is 10.2 Å². The average Bonchev–Trinajstić information content (AvgIpc) is 3.18. The van der Waals surface area contributed by atoms with E-state index in [9.17, 15) is 12.8 Å². The van der Waals surface area contributed by atoms with Crippen molar-refractivity contribution >= 4 is 15.8 Å². The average molecular weight is 393 g/mol. The van der Waals surface area contributed by atoms with Crippen molar-refractivity contribution in [3.63, 3.8) is 0 Å². The van der Waals surface area contributed by atoms with Gasteiger partial charge in [-0.15, -0.1) is 0 Å². The highest BCUT2D eigenvalue weighted by molar-refractivity contribution is 7.89. The van der Waals surface area contributed by atoms with E-state index in [0.29, 0.717) is 22.9 Å². The van der Waals surface area contributed by atoms with Gasteiger partial charge in [-0.3, -0.25) is 0 Å². The second-order valence-corrected chi connectivity index (χ2v) is 8.72. The topological polar surface area (TPSA) is 87.2 Å². The zero-order valence-electron chi connectivity index (χ0n) is 15.7. The predicted molar refractivity (Wildman–Crippen MR) is 101 cm³/mol. The SMILES string of the molecule is CNc1cc(CN(C)S(=O)(=O)c2ccc(F)c(C)c2)nc(C2CCCN2)n1. The van der Waals surface area contributed by atoms with Gasteiger partial charge in [-0.1, -0.05) is 0 Å². The van der Waals surface area contributed by atoms with Crippen molar-refractivity contribution in [1.29, 1.82) is 0 Å². The largest absolute Gasteiger partial charge is 0.373 e. The predicted octanol–water partition coefficient (Wildman–Crippen LogP) is 2.21. The molecule has 9 heteroatoms. The maximum atomic E-state index is 13.5. The maximum Gasteiger partial charge on any atom is 0.243 e. The first-order valence-electron chi connectivity index (χ1n) is 8.82. The minimum Gasteiger partial charge on any atom is -0.373 e. The van der Waals surface area contributed by atoms with E-state index in [-0.39, 0.29) is 17.5 Å². The summed E-state index contributed by atoms with van der Waals surface area (Å²) in [6.45, 7) is 2.56. The van der Waals surface area contributed by atoms with Gasteiger partial charge in [0.05, 0.1) is 23.2 Å². The normalized spacial score (nSPS) is 17.4. The Balaban J connectivity index is 1.86. The summed E-state index contributed by atoms with van der Waals surface area (Å²) in [5.41, 5.74) is 0.890. The number of rotatable bonds is 6. The molecule has 1 aliphatic rings. The zero-order chi connectivity index (χ0) is 19.6. The number of anilines is 1. The second kappa shape index (κ2) is 7.87. The first-order valence-corrected chi connectivity index (χ1v) is 10.3. The van der Waals surface area contributed by atoms with Gasteiger partial charge < -0.3 is 10.6 Å². The molecule has 27 heavy (non-hydrogen) atoms. The fourth-order valence-corrected chi connectivity index (χ4v) is 4.29. The molecule has 1 aromatic heterocycles. The van der Waals surface area contributed by atoms with Crippen LogP contribution in [-0.4, -0.2) is 43.3 Å². The van der Waals surface area contributed by atoms with E-state index in [1.165, 1.54) is 29.6 Å².